The number of nitrogens with one attached hydrogen (secondary N) is 1. The van der Waals surface area contributed by atoms with Gasteiger partial charge in [0, 0.05) is 28.2 Å². The number of piperidine rings is 1. The van der Waals surface area contributed by atoms with Gasteiger partial charge in [-0.2, -0.15) is 0 Å². The van der Waals surface area contributed by atoms with Crippen molar-refractivity contribution in [2.45, 2.75) is 25.7 Å². The molecule has 3 aromatic rings. The van der Waals surface area contributed by atoms with E-state index in [1.807, 2.05) is 12.1 Å². The summed E-state index contributed by atoms with van der Waals surface area (Å²) in [5, 5.41) is 2.13. The second kappa shape index (κ2) is 7.00. The number of benzene rings is 2. The fraction of sp³-hybridized carbons (Fsp3) is 0.333. The standard InChI is InChI=1S/C21H23ClN2/c22-17-10-8-16(9-11-17)21-19(12-15-24-13-4-1-5-14-24)18-6-2-3-7-20(18)23-21/h2-3,6-11,23H,1,4-5,12-15H2. The molecule has 1 aliphatic rings. The summed E-state index contributed by atoms with van der Waals surface area (Å²) in [5.74, 6) is 0. The molecule has 2 aromatic carbocycles. The quantitative estimate of drug-likeness (QED) is 0.664. The predicted octanol–water partition coefficient (Wildman–Crippen LogP) is 5.52. The van der Waals surface area contributed by atoms with Crippen LogP contribution in [0.1, 0.15) is 24.8 Å². The number of para-hydroxylation sites is 1. The molecular weight excluding hydrogens is 316 g/mol. The van der Waals surface area contributed by atoms with Crippen molar-refractivity contribution >= 4 is 22.5 Å². The van der Waals surface area contributed by atoms with Gasteiger partial charge < -0.3 is 9.88 Å². The summed E-state index contributed by atoms with van der Waals surface area (Å²) in [6.07, 6.45) is 5.16. The van der Waals surface area contributed by atoms with Crippen LogP contribution in [0.25, 0.3) is 22.2 Å². The third-order valence-corrected chi connectivity index (χ3v) is 5.33. The van der Waals surface area contributed by atoms with Gasteiger partial charge in [0.15, 0.2) is 0 Å². The van der Waals surface area contributed by atoms with Gasteiger partial charge in [-0.25, -0.2) is 0 Å². The van der Waals surface area contributed by atoms with Gasteiger partial charge in [-0.05, 0) is 61.7 Å². The second-order valence-electron chi connectivity index (χ2n) is 6.68. The first-order valence-corrected chi connectivity index (χ1v) is 9.27. The zero-order valence-corrected chi connectivity index (χ0v) is 14.6. The second-order valence-corrected chi connectivity index (χ2v) is 7.12. The Kier molecular flexibility index (Phi) is 4.59. The zero-order valence-electron chi connectivity index (χ0n) is 13.9. The summed E-state index contributed by atoms with van der Waals surface area (Å²) in [4.78, 5) is 6.23. The van der Waals surface area contributed by atoms with E-state index in [2.05, 4.69) is 46.3 Å². The molecule has 1 saturated heterocycles. The van der Waals surface area contributed by atoms with Gasteiger partial charge in [0.1, 0.15) is 0 Å². The first-order chi connectivity index (χ1) is 11.8. The Labute approximate surface area is 148 Å². The molecule has 124 valence electrons. The van der Waals surface area contributed by atoms with E-state index in [-0.39, 0.29) is 0 Å². The number of hydrogen-bond acceptors (Lipinski definition) is 1. The number of likely N-dealkylation sites (tertiary alicyclic amines) is 1. The SMILES string of the molecule is Clc1ccc(-c2[nH]c3ccccc3c2CCN2CCCCC2)cc1. The topological polar surface area (TPSA) is 19.0 Å². The van der Waals surface area contributed by atoms with Crippen LogP contribution in [0.15, 0.2) is 48.5 Å². The monoisotopic (exact) mass is 338 g/mol. The highest BCUT2D eigenvalue weighted by Gasteiger charge is 2.15. The molecule has 0 unspecified atom stereocenters. The Balaban J connectivity index is 1.68. The van der Waals surface area contributed by atoms with Crippen LogP contribution in [-0.2, 0) is 6.42 Å². The smallest absolute Gasteiger partial charge is 0.0497 e. The van der Waals surface area contributed by atoms with Crippen LogP contribution in [-0.4, -0.2) is 29.5 Å². The molecule has 0 spiro atoms. The highest BCUT2D eigenvalue weighted by Crippen LogP contribution is 2.31. The van der Waals surface area contributed by atoms with Crippen LogP contribution in [0, 0.1) is 0 Å². The van der Waals surface area contributed by atoms with Crippen LogP contribution < -0.4 is 0 Å². The Hall–Kier alpha value is -1.77. The summed E-state index contributed by atoms with van der Waals surface area (Å²) in [7, 11) is 0. The maximum Gasteiger partial charge on any atom is 0.0497 e. The highest BCUT2D eigenvalue weighted by molar-refractivity contribution is 6.30. The Morgan fingerprint density at radius 1 is 0.917 bits per heavy atom. The van der Waals surface area contributed by atoms with Crippen LogP contribution in [0.4, 0.5) is 0 Å². The Morgan fingerprint density at radius 2 is 1.67 bits per heavy atom. The average Bonchev–Trinajstić information content (AvgIpc) is 3.00. The molecule has 2 nitrogen and oxygen atoms in total. The molecule has 1 aromatic heterocycles. The fourth-order valence-electron chi connectivity index (χ4n) is 3.78. The molecular formula is C21H23ClN2. The molecule has 3 heteroatoms. The lowest BCUT2D eigenvalue weighted by atomic mass is 10.0. The lowest BCUT2D eigenvalue weighted by Crippen LogP contribution is -2.31. The maximum absolute atomic E-state index is 6.06. The highest BCUT2D eigenvalue weighted by atomic mass is 35.5. The maximum atomic E-state index is 6.06. The number of hydrogen-bond donors (Lipinski definition) is 1. The minimum Gasteiger partial charge on any atom is -0.354 e. The van der Waals surface area contributed by atoms with E-state index in [1.54, 1.807) is 0 Å². The first-order valence-electron chi connectivity index (χ1n) is 8.89. The van der Waals surface area contributed by atoms with Crippen LogP contribution in [0.5, 0.6) is 0 Å². The van der Waals surface area contributed by atoms with E-state index in [9.17, 15) is 0 Å². The number of rotatable bonds is 4. The van der Waals surface area contributed by atoms with Gasteiger partial charge in [-0.3, -0.25) is 0 Å². The predicted molar refractivity (Wildman–Crippen MR) is 103 cm³/mol. The lowest BCUT2D eigenvalue weighted by molar-refractivity contribution is 0.232. The minimum atomic E-state index is 0.782. The molecule has 0 aliphatic carbocycles. The third-order valence-electron chi connectivity index (χ3n) is 5.07. The number of aromatic amines is 1. The lowest BCUT2D eigenvalue weighted by Gasteiger charge is -2.26. The Bertz CT molecular complexity index is 813. The van der Waals surface area contributed by atoms with Gasteiger partial charge in [0.2, 0.25) is 0 Å². The molecule has 2 heterocycles. The van der Waals surface area contributed by atoms with Gasteiger partial charge in [-0.15, -0.1) is 0 Å². The van der Waals surface area contributed by atoms with Crippen molar-refractivity contribution in [1.29, 1.82) is 0 Å². The summed E-state index contributed by atoms with van der Waals surface area (Å²) in [6.45, 7) is 3.64. The number of H-pyrrole nitrogens is 1. The summed E-state index contributed by atoms with van der Waals surface area (Å²) >= 11 is 6.06. The molecule has 0 saturated carbocycles. The Morgan fingerprint density at radius 3 is 2.46 bits per heavy atom. The van der Waals surface area contributed by atoms with Crippen molar-refractivity contribution < 1.29 is 0 Å². The molecule has 1 N–H and O–H groups in total. The van der Waals surface area contributed by atoms with Crippen molar-refractivity contribution in [2.75, 3.05) is 19.6 Å². The molecule has 0 radical (unpaired) electrons. The van der Waals surface area contributed by atoms with Crippen molar-refractivity contribution in [3.05, 3.63) is 59.1 Å². The number of fused-ring (bicyclic) bond motifs is 1. The van der Waals surface area contributed by atoms with Gasteiger partial charge in [0.25, 0.3) is 0 Å². The van der Waals surface area contributed by atoms with Crippen LogP contribution >= 0.6 is 11.6 Å². The van der Waals surface area contributed by atoms with E-state index in [0.717, 1.165) is 18.0 Å². The van der Waals surface area contributed by atoms with Gasteiger partial charge in [0.05, 0.1) is 0 Å². The van der Waals surface area contributed by atoms with Crippen molar-refractivity contribution in [3.63, 3.8) is 0 Å². The van der Waals surface area contributed by atoms with Crippen molar-refractivity contribution in [2.24, 2.45) is 0 Å². The minimum absolute atomic E-state index is 0.782. The number of nitrogens with zero attached hydrogens (tertiary/aromatic N) is 1. The molecule has 1 aliphatic heterocycles. The van der Waals surface area contributed by atoms with Gasteiger partial charge >= 0.3 is 0 Å². The van der Waals surface area contributed by atoms with Crippen molar-refractivity contribution in [3.8, 4) is 11.3 Å². The summed E-state index contributed by atoms with van der Waals surface area (Å²) in [5.41, 5.74) is 5.10. The fourth-order valence-corrected chi connectivity index (χ4v) is 3.90. The molecule has 24 heavy (non-hydrogen) atoms. The van der Waals surface area contributed by atoms with Gasteiger partial charge in [-0.1, -0.05) is 48.4 Å². The van der Waals surface area contributed by atoms with E-state index in [1.165, 1.54) is 60.1 Å². The summed E-state index contributed by atoms with van der Waals surface area (Å²) in [6, 6.07) is 16.8. The number of halogens is 1. The van der Waals surface area contributed by atoms with E-state index >= 15 is 0 Å². The first kappa shape index (κ1) is 15.7. The molecule has 1 fully saturated rings. The molecule has 4 rings (SSSR count). The van der Waals surface area contributed by atoms with E-state index in [0.29, 0.717) is 0 Å². The summed E-state index contributed by atoms with van der Waals surface area (Å²) < 4.78 is 0. The van der Waals surface area contributed by atoms with E-state index < -0.39 is 0 Å². The normalized spacial score (nSPS) is 15.9. The molecule has 0 amide bonds. The largest absolute Gasteiger partial charge is 0.354 e. The van der Waals surface area contributed by atoms with Crippen LogP contribution in [0.2, 0.25) is 5.02 Å². The van der Waals surface area contributed by atoms with Crippen molar-refractivity contribution in [1.82, 2.24) is 9.88 Å². The molecule has 0 bridgehead atoms. The zero-order chi connectivity index (χ0) is 16.4. The van der Waals surface area contributed by atoms with Crippen LogP contribution in [0.3, 0.4) is 0 Å². The third kappa shape index (κ3) is 3.22. The molecule has 0 atom stereocenters. The van der Waals surface area contributed by atoms with E-state index in [4.69, 9.17) is 11.6 Å². The number of aromatic nitrogens is 1. The average molecular weight is 339 g/mol.